The number of hydrogen-bond acceptors (Lipinski definition) is 9. The number of nitro benzene ring substituents is 1. The van der Waals surface area contributed by atoms with Crippen molar-refractivity contribution in [2.45, 2.75) is 24.7 Å². The molecule has 0 radical (unpaired) electrons. The molecule has 184 valence electrons. The minimum absolute atomic E-state index is 0.0110. The van der Waals surface area contributed by atoms with Gasteiger partial charge in [0.15, 0.2) is 11.0 Å². The average molecular weight is 501 g/mol. The maximum atomic E-state index is 12.6. The Labute approximate surface area is 204 Å². The third-order valence-electron chi connectivity index (χ3n) is 4.91. The molecule has 13 heteroatoms. The Balaban J connectivity index is 1.63. The lowest BCUT2D eigenvalue weighted by Crippen LogP contribution is -2.32. The number of rotatable bonds is 11. The fourth-order valence-corrected chi connectivity index (χ4v) is 3.94. The van der Waals surface area contributed by atoms with Crippen LogP contribution in [0.4, 0.5) is 11.4 Å². The fourth-order valence-electron chi connectivity index (χ4n) is 3.13. The van der Waals surface area contributed by atoms with Crippen molar-refractivity contribution in [2.75, 3.05) is 24.8 Å². The Kier molecular flexibility index (Phi) is 8.75. The Hall–Kier alpha value is -3.97. The number of amides is 2. The highest BCUT2D eigenvalue weighted by Crippen LogP contribution is 2.22. The van der Waals surface area contributed by atoms with Crippen LogP contribution in [0.2, 0.25) is 0 Å². The second-order valence-corrected chi connectivity index (χ2v) is 8.11. The number of anilines is 1. The number of nitrogens with one attached hydrogen (secondary N) is 2. The number of ether oxygens (including phenoxy) is 1. The van der Waals surface area contributed by atoms with E-state index in [-0.39, 0.29) is 17.3 Å². The highest BCUT2D eigenvalue weighted by atomic mass is 32.2. The number of thioether (sulfide) groups is 1. The summed E-state index contributed by atoms with van der Waals surface area (Å²) in [6, 6.07) is 11.2. The zero-order valence-electron chi connectivity index (χ0n) is 19.0. The summed E-state index contributed by atoms with van der Waals surface area (Å²) in [6.07, 6.45) is 0. The van der Waals surface area contributed by atoms with Gasteiger partial charge in [-0.3, -0.25) is 19.7 Å². The first kappa shape index (κ1) is 25.6. The van der Waals surface area contributed by atoms with Gasteiger partial charge in [0, 0.05) is 29.9 Å². The van der Waals surface area contributed by atoms with Crippen LogP contribution in [-0.4, -0.2) is 56.1 Å². The maximum absolute atomic E-state index is 12.6. The number of carbonyl (C=O) groups is 2. The molecule has 3 aromatic rings. The molecule has 3 rings (SSSR count). The Bertz CT molecular complexity index is 1180. The van der Waals surface area contributed by atoms with Gasteiger partial charge in [0.1, 0.15) is 11.8 Å². The largest absolute Gasteiger partial charge is 0.497 e. The van der Waals surface area contributed by atoms with Crippen LogP contribution in [0.5, 0.6) is 5.75 Å². The van der Waals surface area contributed by atoms with Crippen LogP contribution < -0.4 is 15.4 Å². The van der Waals surface area contributed by atoms with Gasteiger partial charge in [-0.15, -0.1) is 10.2 Å². The van der Waals surface area contributed by atoms with Crippen molar-refractivity contribution in [1.29, 1.82) is 0 Å². The summed E-state index contributed by atoms with van der Waals surface area (Å²) in [4.78, 5) is 35.2. The van der Waals surface area contributed by atoms with Gasteiger partial charge in [-0.1, -0.05) is 11.8 Å². The third-order valence-corrected chi connectivity index (χ3v) is 5.87. The van der Waals surface area contributed by atoms with Crippen LogP contribution in [0.1, 0.15) is 29.1 Å². The van der Waals surface area contributed by atoms with Crippen LogP contribution in [-0.2, 0) is 11.3 Å². The third kappa shape index (κ3) is 6.55. The summed E-state index contributed by atoms with van der Waals surface area (Å²) < 4.78 is 6.80. The molecule has 35 heavy (non-hydrogen) atoms. The van der Waals surface area contributed by atoms with Crippen molar-refractivity contribution < 1.29 is 24.4 Å². The summed E-state index contributed by atoms with van der Waals surface area (Å²) >= 11 is 1.14. The van der Waals surface area contributed by atoms with E-state index in [4.69, 9.17) is 4.74 Å². The van der Waals surface area contributed by atoms with E-state index in [0.29, 0.717) is 34.5 Å². The predicted molar refractivity (Wildman–Crippen MR) is 128 cm³/mol. The average Bonchev–Trinajstić information content (AvgIpc) is 3.29. The van der Waals surface area contributed by atoms with E-state index in [2.05, 4.69) is 20.8 Å². The Morgan fingerprint density at radius 2 is 1.86 bits per heavy atom. The lowest BCUT2D eigenvalue weighted by molar-refractivity contribution is -0.384. The van der Waals surface area contributed by atoms with Crippen LogP contribution >= 0.6 is 11.8 Å². The summed E-state index contributed by atoms with van der Waals surface area (Å²) in [5, 5.41) is 34.7. The maximum Gasteiger partial charge on any atom is 0.269 e. The van der Waals surface area contributed by atoms with E-state index in [1.165, 1.54) is 31.4 Å². The zero-order valence-corrected chi connectivity index (χ0v) is 19.8. The molecule has 0 aliphatic carbocycles. The molecule has 0 bridgehead atoms. The topological polar surface area (TPSA) is 162 Å². The highest BCUT2D eigenvalue weighted by molar-refractivity contribution is 7.99. The first-order valence-electron chi connectivity index (χ1n) is 10.5. The van der Waals surface area contributed by atoms with E-state index < -0.39 is 23.5 Å². The van der Waals surface area contributed by atoms with Crippen molar-refractivity contribution in [1.82, 2.24) is 20.1 Å². The number of hydrogen-bond donors (Lipinski definition) is 3. The quantitative estimate of drug-likeness (QED) is 0.204. The molecule has 0 saturated carbocycles. The highest BCUT2D eigenvalue weighted by Gasteiger charge is 2.23. The number of aliphatic hydroxyl groups excluding tert-OH is 1. The number of non-ortho nitro benzene ring substituents is 1. The van der Waals surface area contributed by atoms with E-state index >= 15 is 0 Å². The van der Waals surface area contributed by atoms with Gasteiger partial charge >= 0.3 is 0 Å². The molecule has 3 N–H and O–H groups in total. The minimum atomic E-state index is -0.805. The smallest absolute Gasteiger partial charge is 0.269 e. The van der Waals surface area contributed by atoms with E-state index in [1.54, 1.807) is 28.8 Å². The molecule has 2 aromatic carbocycles. The molecular formula is C22H24N6O6S. The van der Waals surface area contributed by atoms with Crippen LogP contribution in [0.25, 0.3) is 0 Å². The van der Waals surface area contributed by atoms with E-state index in [9.17, 15) is 24.8 Å². The number of nitrogens with zero attached hydrogens (tertiary/aromatic N) is 4. The Morgan fingerprint density at radius 3 is 2.43 bits per heavy atom. The van der Waals surface area contributed by atoms with Crippen molar-refractivity contribution >= 4 is 35.0 Å². The second-order valence-electron chi connectivity index (χ2n) is 7.16. The number of benzene rings is 2. The Morgan fingerprint density at radius 1 is 1.17 bits per heavy atom. The molecule has 0 aliphatic rings. The molecule has 1 heterocycles. The van der Waals surface area contributed by atoms with Gasteiger partial charge in [-0.05, 0) is 43.3 Å². The summed E-state index contributed by atoms with van der Waals surface area (Å²) in [5.41, 5.74) is 0.753. The normalized spacial score (nSPS) is 11.5. The monoisotopic (exact) mass is 500 g/mol. The number of methoxy groups -OCH3 is 1. The van der Waals surface area contributed by atoms with Crippen molar-refractivity contribution in [3.8, 4) is 5.75 Å². The number of nitro groups is 1. The number of carbonyl (C=O) groups excluding carboxylic acids is 2. The van der Waals surface area contributed by atoms with Gasteiger partial charge in [-0.25, -0.2) is 0 Å². The number of aromatic nitrogens is 3. The first-order chi connectivity index (χ1) is 16.9. The molecule has 1 aromatic heterocycles. The molecule has 0 fully saturated rings. The molecule has 0 spiro atoms. The van der Waals surface area contributed by atoms with Crippen LogP contribution in [0, 0.1) is 10.1 Å². The SMILES string of the molecule is CCn1c(SCC(=O)Nc2ccc([N+](=O)[O-])cc2)nnc1C(CO)NC(=O)c1ccc(OC)cc1. The fraction of sp³-hybridized carbons (Fsp3) is 0.273. The van der Waals surface area contributed by atoms with Crippen LogP contribution in [0.3, 0.4) is 0 Å². The van der Waals surface area contributed by atoms with Gasteiger partial charge < -0.3 is 25.0 Å². The summed E-state index contributed by atoms with van der Waals surface area (Å²) in [5.74, 6) is 0.258. The van der Waals surface area contributed by atoms with Crippen molar-refractivity contribution in [3.63, 3.8) is 0 Å². The van der Waals surface area contributed by atoms with Gasteiger partial charge in [-0.2, -0.15) is 0 Å². The standard InChI is InChI=1S/C22H24N6O6S/c1-3-27-20(18(12-29)24-21(31)14-4-10-17(34-2)11-5-14)25-26-22(27)35-13-19(30)23-15-6-8-16(9-7-15)28(32)33/h4-11,18,29H,3,12-13H2,1-2H3,(H,23,30)(H,24,31). The first-order valence-corrected chi connectivity index (χ1v) is 11.5. The zero-order chi connectivity index (χ0) is 25.4. The summed E-state index contributed by atoms with van der Waals surface area (Å²) in [6.45, 7) is 1.91. The van der Waals surface area contributed by atoms with E-state index in [1.807, 2.05) is 6.92 Å². The van der Waals surface area contributed by atoms with Crippen molar-refractivity contribution in [3.05, 3.63) is 70.0 Å². The molecular weight excluding hydrogens is 476 g/mol. The van der Waals surface area contributed by atoms with E-state index in [0.717, 1.165) is 11.8 Å². The number of aliphatic hydroxyl groups is 1. The van der Waals surface area contributed by atoms with Gasteiger partial charge in [0.2, 0.25) is 5.91 Å². The summed E-state index contributed by atoms with van der Waals surface area (Å²) in [7, 11) is 1.53. The molecule has 1 atom stereocenters. The minimum Gasteiger partial charge on any atom is -0.497 e. The molecule has 2 amide bonds. The molecule has 1 unspecified atom stereocenters. The molecule has 0 saturated heterocycles. The second kappa shape index (κ2) is 11.9. The van der Waals surface area contributed by atoms with Gasteiger partial charge in [0.25, 0.3) is 11.6 Å². The van der Waals surface area contributed by atoms with Crippen LogP contribution in [0.15, 0.2) is 53.7 Å². The predicted octanol–water partition coefficient (Wildman–Crippen LogP) is 2.41. The van der Waals surface area contributed by atoms with Gasteiger partial charge in [0.05, 0.1) is 24.4 Å². The lowest BCUT2D eigenvalue weighted by Gasteiger charge is -2.17. The lowest BCUT2D eigenvalue weighted by atomic mass is 10.2. The van der Waals surface area contributed by atoms with Crippen molar-refractivity contribution in [2.24, 2.45) is 0 Å². The molecule has 0 aliphatic heterocycles. The molecule has 12 nitrogen and oxygen atoms in total.